The lowest BCUT2D eigenvalue weighted by Crippen LogP contribution is -1.93. The van der Waals surface area contributed by atoms with Crippen molar-refractivity contribution in [2.24, 2.45) is 7.05 Å². The number of nitrogens with zero attached hydrogens (tertiary/aromatic N) is 2. The first kappa shape index (κ1) is 13.8. The first-order valence-corrected chi connectivity index (χ1v) is 7.31. The first-order chi connectivity index (χ1) is 10.2. The Hall–Kier alpha value is -2.13. The fourth-order valence-electron chi connectivity index (χ4n) is 3.03. The van der Waals surface area contributed by atoms with E-state index in [2.05, 4.69) is 47.8 Å². The van der Waals surface area contributed by atoms with Gasteiger partial charge in [0.2, 0.25) is 0 Å². The monoisotopic (exact) mass is 280 g/mol. The van der Waals surface area contributed by atoms with Crippen LogP contribution >= 0.6 is 0 Å². The average Bonchev–Trinajstić information content (AvgIpc) is 2.77. The van der Waals surface area contributed by atoms with Crippen molar-refractivity contribution in [2.45, 2.75) is 19.8 Å². The largest absolute Gasteiger partial charge is 0.396 e. The van der Waals surface area contributed by atoms with E-state index in [-0.39, 0.29) is 6.61 Å². The summed E-state index contributed by atoms with van der Waals surface area (Å²) in [5, 5.41) is 10.3. The second-order valence-electron chi connectivity index (χ2n) is 5.45. The van der Waals surface area contributed by atoms with Gasteiger partial charge in [-0.3, -0.25) is 4.98 Å². The molecule has 0 spiro atoms. The van der Waals surface area contributed by atoms with Crippen molar-refractivity contribution in [3.05, 3.63) is 53.9 Å². The van der Waals surface area contributed by atoms with Gasteiger partial charge in [0, 0.05) is 42.5 Å². The highest BCUT2D eigenvalue weighted by Gasteiger charge is 2.13. The van der Waals surface area contributed by atoms with Gasteiger partial charge in [-0.2, -0.15) is 0 Å². The molecule has 0 bridgehead atoms. The fourth-order valence-corrected chi connectivity index (χ4v) is 3.03. The van der Waals surface area contributed by atoms with Crippen LogP contribution in [0.2, 0.25) is 0 Å². The van der Waals surface area contributed by atoms with E-state index in [1.54, 1.807) is 6.20 Å². The van der Waals surface area contributed by atoms with Crippen molar-refractivity contribution >= 4 is 10.9 Å². The van der Waals surface area contributed by atoms with Gasteiger partial charge >= 0.3 is 0 Å². The fraction of sp³-hybridized carbons (Fsp3) is 0.278. The van der Waals surface area contributed by atoms with Gasteiger partial charge in [-0.25, -0.2) is 0 Å². The molecule has 108 valence electrons. The first-order valence-electron chi connectivity index (χ1n) is 7.31. The van der Waals surface area contributed by atoms with Crippen LogP contribution in [-0.2, 0) is 13.5 Å². The number of fused-ring (bicyclic) bond motifs is 1. The topological polar surface area (TPSA) is 38.0 Å². The molecule has 3 rings (SSSR count). The minimum absolute atomic E-state index is 0.243. The summed E-state index contributed by atoms with van der Waals surface area (Å²) in [6, 6.07) is 10.7. The number of aryl methyl sites for hydroxylation is 3. The summed E-state index contributed by atoms with van der Waals surface area (Å²) in [4.78, 5) is 4.23. The van der Waals surface area contributed by atoms with Gasteiger partial charge in [-0.05, 0) is 55.2 Å². The van der Waals surface area contributed by atoms with Crippen LogP contribution in [0.25, 0.3) is 22.2 Å². The summed E-state index contributed by atoms with van der Waals surface area (Å²) >= 11 is 0. The van der Waals surface area contributed by atoms with Crippen molar-refractivity contribution in [1.82, 2.24) is 9.55 Å². The zero-order valence-corrected chi connectivity index (χ0v) is 12.5. The normalized spacial score (nSPS) is 11.2. The predicted octanol–water partition coefficient (Wildman–Crippen LogP) is 3.47. The van der Waals surface area contributed by atoms with E-state index in [4.69, 9.17) is 5.11 Å². The van der Waals surface area contributed by atoms with Gasteiger partial charge in [0.1, 0.15) is 0 Å². The number of hydrogen-bond acceptors (Lipinski definition) is 2. The number of benzene rings is 1. The highest BCUT2D eigenvalue weighted by atomic mass is 16.2. The molecule has 0 aliphatic rings. The quantitative estimate of drug-likeness (QED) is 0.794. The Morgan fingerprint density at radius 2 is 2.10 bits per heavy atom. The Morgan fingerprint density at radius 3 is 2.81 bits per heavy atom. The minimum atomic E-state index is 0.243. The van der Waals surface area contributed by atoms with Gasteiger partial charge in [-0.15, -0.1) is 0 Å². The zero-order chi connectivity index (χ0) is 14.8. The Morgan fingerprint density at radius 1 is 1.24 bits per heavy atom. The van der Waals surface area contributed by atoms with Gasteiger partial charge < -0.3 is 9.67 Å². The van der Waals surface area contributed by atoms with E-state index >= 15 is 0 Å². The zero-order valence-electron chi connectivity index (χ0n) is 12.5. The number of aliphatic hydroxyl groups excluding tert-OH is 1. The third-order valence-electron chi connectivity index (χ3n) is 4.08. The molecule has 2 heterocycles. The van der Waals surface area contributed by atoms with Crippen LogP contribution in [0.15, 0.2) is 42.7 Å². The molecule has 0 saturated heterocycles. The van der Waals surface area contributed by atoms with Gasteiger partial charge in [-0.1, -0.05) is 6.07 Å². The van der Waals surface area contributed by atoms with E-state index in [0.29, 0.717) is 0 Å². The molecule has 1 aromatic carbocycles. The van der Waals surface area contributed by atoms with Gasteiger partial charge in [0.25, 0.3) is 0 Å². The molecule has 0 radical (unpaired) electrons. The molecule has 3 nitrogen and oxygen atoms in total. The van der Waals surface area contributed by atoms with Crippen LogP contribution in [0.3, 0.4) is 0 Å². The standard InChI is InChI=1S/C18H20N2O/c1-13-16-11-14(5-4-10-21)7-8-17(16)20(2)18(13)15-6-3-9-19-12-15/h3,6-9,11-12,21H,4-5,10H2,1-2H3. The molecule has 0 aliphatic carbocycles. The maximum Gasteiger partial charge on any atom is 0.0533 e. The highest BCUT2D eigenvalue weighted by Crippen LogP contribution is 2.32. The summed E-state index contributed by atoms with van der Waals surface area (Å²) in [6.45, 7) is 2.41. The number of pyridine rings is 1. The smallest absolute Gasteiger partial charge is 0.0533 e. The molecule has 3 aromatic rings. The van der Waals surface area contributed by atoms with E-state index in [0.717, 1.165) is 18.4 Å². The van der Waals surface area contributed by atoms with Crippen molar-refractivity contribution in [2.75, 3.05) is 6.61 Å². The van der Waals surface area contributed by atoms with Gasteiger partial charge in [0.15, 0.2) is 0 Å². The Labute approximate surface area is 124 Å². The summed E-state index contributed by atoms with van der Waals surface area (Å²) in [6.07, 6.45) is 5.44. The lowest BCUT2D eigenvalue weighted by molar-refractivity contribution is 0.288. The minimum Gasteiger partial charge on any atom is -0.396 e. The van der Waals surface area contributed by atoms with Crippen molar-refractivity contribution in [3.63, 3.8) is 0 Å². The molecule has 0 fully saturated rings. The van der Waals surface area contributed by atoms with Gasteiger partial charge in [0.05, 0.1) is 5.69 Å². The van der Waals surface area contributed by atoms with Crippen LogP contribution in [0, 0.1) is 6.92 Å². The van der Waals surface area contributed by atoms with Crippen molar-refractivity contribution in [1.29, 1.82) is 0 Å². The number of rotatable bonds is 4. The number of hydrogen-bond donors (Lipinski definition) is 1. The summed E-state index contributed by atoms with van der Waals surface area (Å²) in [5.41, 5.74) is 6.16. The molecule has 0 atom stereocenters. The van der Waals surface area contributed by atoms with E-state index < -0.39 is 0 Å². The molecule has 3 heteroatoms. The van der Waals surface area contributed by atoms with E-state index in [1.807, 2.05) is 12.3 Å². The second-order valence-corrected chi connectivity index (χ2v) is 5.45. The van der Waals surface area contributed by atoms with Crippen LogP contribution in [0.4, 0.5) is 0 Å². The molecular formula is C18H20N2O. The predicted molar refractivity (Wildman–Crippen MR) is 86.3 cm³/mol. The Bertz CT molecular complexity index is 760. The molecule has 0 amide bonds. The maximum atomic E-state index is 8.98. The van der Waals surface area contributed by atoms with E-state index in [1.165, 1.54) is 27.7 Å². The summed E-state index contributed by atoms with van der Waals surface area (Å²) < 4.78 is 2.23. The van der Waals surface area contributed by atoms with Crippen LogP contribution in [0.5, 0.6) is 0 Å². The molecule has 1 N–H and O–H groups in total. The van der Waals surface area contributed by atoms with Crippen LogP contribution in [0.1, 0.15) is 17.5 Å². The summed E-state index contributed by atoms with van der Waals surface area (Å²) in [7, 11) is 2.10. The van der Waals surface area contributed by atoms with E-state index in [9.17, 15) is 0 Å². The summed E-state index contributed by atoms with van der Waals surface area (Å²) in [5.74, 6) is 0. The Kier molecular flexibility index (Phi) is 3.76. The van der Waals surface area contributed by atoms with Crippen molar-refractivity contribution in [3.8, 4) is 11.3 Å². The highest BCUT2D eigenvalue weighted by molar-refractivity contribution is 5.91. The van der Waals surface area contributed by atoms with Crippen molar-refractivity contribution < 1.29 is 5.11 Å². The second kappa shape index (κ2) is 5.70. The molecular weight excluding hydrogens is 260 g/mol. The number of aliphatic hydroxyl groups is 1. The van der Waals surface area contributed by atoms with Crippen LogP contribution in [-0.4, -0.2) is 21.3 Å². The molecule has 0 unspecified atom stereocenters. The average molecular weight is 280 g/mol. The third kappa shape index (κ3) is 2.45. The molecule has 21 heavy (non-hydrogen) atoms. The number of aromatic nitrogens is 2. The lowest BCUT2D eigenvalue weighted by Gasteiger charge is -2.05. The molecule has 0 saturated carbocycles. The maximum absolute atomic E-state index is 8.98. The SMILES string of the molecule is Cc1c(-c2cccnc2)n(C)c2ccc(CCCO)cc12. The third-order valence-corrected chi connectivity index (χ3v) is 4.08. The van der Waals surface area contributed by atoms with Crippen LogP contribution < -0.4 is 0 Å². The Balaban J connectivity index is 2.15. The molecule has 2 aromatic heterocycles. The molecule has 0 aliphatic heterocycles. The lowest BCUT2D eigenvalue weighted by atomic mass is 10.0.